The number of carbonyl (C=O) groups is 1. The maximum Gasteiger partial charge on any atom is 0.166 e. The number of Topliss-reactive ketones (excluding diaryl/α,β-unsaturated/α-hetero) is 1. The predicted octanol–water partition coefficient (Wildman–Crippen LogP) is 3.33. The van der Waals surface area contributed by atoms with Crippen molar-refractivity contribution >= 4 is 17.5 Å². The van der Waals surface area contributed by atoms with Crippen LogP contribution in [-0.2, 0) is 0 Å². The summed E-state index contributed by atoms with van der Waals surface area (Å²) in [6, 6.07) is 10.2. The molecule has 3 atom stereocenters. The quantitative estimate of drug-likeness (QED) is 0.787. The molecule has 0 aromatic heterocycles. The third-order valence-electron chi connectivity index (χ3n) is 4.03. The van der Waals surface area contributed by atoms with E-state index in [0.29, 0.717) is 11.3 Å². The monoisotopic (exact) mass is 277 g/mol. The van der Waals surface area contributed by atoms with Crippen LogP contribution in [0.15, 0.2) is 30.3 Å². The second kappa shape index (κ2) is 6.58. The zero-order valence-electron chi connectivity index (χ0n) is 12.0. The summed E-state index contributed by atoms with van der Waals surface area (Å²) < 4.78 is 0. The van der Waals surface area contributed by atoms with Crippen molar-refractivity contribution in [3.8, 4) is 0 Å². The molecule has 1 fully saturated rings. The van der Waals surface area contributed by atoms with Crippen molar-refractivity contribution in [2.45, 2.75) is 32.1 Å². The van der Waals surface area contributed by atoms with E-state index in [0.717, 1.165) is 18.7 Å². The Morgan fingerprint density at radius 3 is 2.74 bits per heavy atom. The Hall–Kier alpha value is -0.800. The van der Waals surface area contributed by atoms with Gasteiger partial charge in [0.25, 0.3) is 0 Å². The van der Waals surface area contributed by atoms with Crippen molar-refractivity contribution in [1.82, 2.24) is 4.90 Å². The zero-order chi connectivity index (χ0) is 13.8. The van der Waals surface area contributed by atoms with Crippen LogP contribution in [0.25, 0.3) is 0 Å². The summed E-state index contributed by atoms with van der Waals surface area (Å²) in [6.07, 6.45) is 0. The minimum absolute atomic E-state index is 0.0696. The molecule has 0 N–H and O–H groups in total. The Balaban J connectivity index is 1.97. The molecule has 0 spiro atoms. The first-order valence-electron chi connectivity index (χ1n) is 7.04. The second-order valence-electron chi connectivity index (χ2n) is 5.44. The van der Waals surface area contributed by atoms with Crippen LogP contribution >= 0.6 is 11.8 Å². The average molecular weight is 277 g/mol. The van der Waals surface area contributed by atoms with Crippen LogP contribution in [0.4, 0.5) is 0 Å². The normalized spacial score (nSPS) is 26.1. The summed E-state index contributed by atoms with van der Waals surface area (Å²) in [5.41, 5.74) is 0.835. The first-order chi connectivity index (χ1) is 9.09. The minimum atomic E-state index is 0.0696. The van der Waals surface area contributed by atoms with E-state index in [1.165, 1.54) is 5.75 Å². The molecule has 104 valence electrons. The lowest BCUT2D eigenvalue weighted by molar-refractivity contribution is 0.0874. The van der Waals surface area contributed by atoms with E-state index >= 15 is 0 Å². The fraction of sp³-hybridized carbons (Fsp3) is 0.562. The predicted molar refractivity (Wildman–Crippen MR) is 82.9 cm³/mol. The third kappa shape index (κ3) is 3.61. The van der Waals surface area contributed by atoms with E-state index in [2.05, 4.69) is 25.7 Å². The molecule has 1 saturated heterocycles. The molecule has 19 heavy (non-hydrogen) atoms. The maximum atomic E-state index is 12.4. The molecule has 3 unspecified atom stereocenters. The average Bonchev–Trinajstić information content (AvgIpc) is 2.44. The van der Waals surface area contributed by atoms with Crippen LogP contribution < -0.4 is 0 Å². The van der Waals surface area contributed by atoms with Gasteiger partial charge in [-0.1, -0.05) is 44.2 Å². The van der Waals surface area contributed by atoms with E-state index < -0.39 is 0 Å². The minimum Gasteiger partial charge on any atom is -0.298 e. The molecule has 0 amide bonds. The van der Waals surface area contributed by atoms with Gasteiger partial charge in [0.15, 0.2) is 5.78 Å². The highest BCUT2D eigenvalue weighted by Crippen LogP contribution is 2.25. The molecule has 1 aromatic rings. The number of nitrogens with zero attached hydrogens (tertiary/aromatic N) is 1. The van der Waals surface area contributed by atoms with Gasteiger partial charge in [-0.05, 0) is 6.92 Å². The van der Waals surface area contributed by atoms with Crippen molar-refractivity contribution in [2.24, 2.45) is 5.92 Å². The summed E-state index contributed by atoms with van der Waals surface area (Å²) in [6.45, 7) is 8.58. The molecule has 2 rings (SSSR count). The van der Waals surface area contributed by atoms with E-state index in [9.17, 15) is 4.79 Å². The fourth-order valence-corrected chi connectivity index (χ4v) is 3.74. The van der Waals surface area contributed by atoms with Crippen molar-refractivity contribution in [3.05, 3.63) is 35.9 Å². The smallest absolute Gasteiger partial charge is 0.166 e. The molecule has 3 heteroatoms. The first kappa shape index (κ1) is 14.6. The molecular weight excluding hydrogens is 254 g/mol. The summed E-state index contributed by atoms with van der Waals surface area (Å²) >= 11 is 2.04. The second-order valence-corrected chi connectivity index (χ2v) is 6.93. The highest BCUT2D eigenvalue weighted by atomic mass is 32.2. The van der Waals surface area contributed by atoms with E-state index in [-0.39, 0.29) is 11.7 Å². The maximum absolute atomic E-state index is 12.4. The lowest BCUT2D eigenvalue weighted by atomic mass is 9.98. The number of thioether (sulfide) groups is 1. The molecule has 0 saturated carbocycles. The number of benzene rings is 1. The Morgan fingerprint density at radius 2 is 2.05 bits per heavy atom. The molecule has 0 aliphatic carbocycles. The van der Waals surface area contributed by atoms with Gasteiger partial charge in [0.1, 0.15) is 0 Å². The lowest BCUT2D eigenvalue weighted by Gasteiger charge is -2.38. The van der Waals surface area contributed by atoms with Crippen molar-refractivity contribution in [1.29, 1.82) is 0 Å². The van der Waals surface area contributed by atoms with Crippen LogP contribution in [-0.4, -0.2) is 40.8 Å². The Morgan fingerprint density at radius 1 is 1.37 bits per heavy atom. The van der Waals surface area contributed by atoms with Crippen LogP contribution in [0, 0.1) is 5.92 Å². The molecular formula is C16H23NOS. The first-order valence-corrected chi connectivity index (χ1v) is 8.09. The van der Waals surface area contributed by atoms with Gasteiger partial charge >= 0.3 is 0 Å². The van der Waals surface area contributed by atoms with Crippen LogP contribution in [0.3, 0.4) is 0 Å². The topological polar surface area (TPSA) is 20.3 Å². The number of rotatable bonds is 4. The van der Waals surface area contributed by atoms with Gasteiger partial charge in [-0.15, -0.1) is 0 Å². The van der Waals surface area contributed by atoms with Crippen molar-refractivity contribution in [3.63, 3.8) is 0 Å². The number of hydrogen-bond donors (Lipinski definition) is 0. The molecule has 0 bridgehead atoms. The summed E-state index contributed by atoms with van der Waals surface area (Å²) in [7, 11) is 0. The fourth-order valence-electron chi connectivity index (χ4n) is 2.57. The third-order valence-corrected chi connectivity index (χ3v) is 5.37. The highest BCUT2D eigenvalue weighted by molar-refractivity contribution is 8.00. The molecule has 1 aliphatic heterocycles. The zero-order valence-corrected chi connectivity index (χ0v) is 12.8. The molecule has 1 aromatic carbocycles. The van der Waals surface area contributed by atoms with E-state index in [1.54, 1.807) is 0 Å². The largest absolute Gasteiger partial charge is 0.298 e. The Labute approximate surface area is 120 Å². The van der Waals surface area contributed by atoms with Gasteiger partial charge in [0.2, 0.25) is 0 Å². The van der Waals surface area contributed by atoms with Crippen molar-refractivity contribution < 1.29 is 4.79 Å². The number of hydrogen-bond acceptors (Lipinski definition) is 3. The molecule has 0 radical (unpaired) electrons. The van der Waals surface area contributed by atoms with Gasteiger partial charge in [-0.3, -0.25) is 9.69 Å². The standard InChI is InChI=1S/C16H23NOS/c1-12(16(18)15-7-5-4-6-8-15)11-17-9-10-19-14(3)13(17)2/h4-8,12-14H,9-11H2,1-3H3. The van der Waals surface area contributed by atoms with Gasteiger partial charge in [-0.25, -0.2) is 0 Å². The van der Waals surface area contributed by atoms with Crippen LogP contribution in [0.1, 0.15) is 31.1 Å². The Bertz CT molecular complexity index is 420. The number of ketones is 1. The summed E-state index contributed by atoms with van der Waals surface area (Å²) in [4.78, 5) is 14.8. The lowest BCUT2D eigenvalue weighted by Crippen LogP contribution is -2.47. The van der Waals surface area contributed by atoms with Crippen LogP contribution in [0.2, 0.25) is 0 Å². The Kier molecular flexibility index (Phi) is 5.06. The molecule has 1 heterocycles. The SMILES string of the molecule is CC(CN1CCSC(C)C1C)C(=O)c1ccccc1. The number of carbonyl (C=O) groups excluding carboxylic acids is 1. The van der Waals surface area contributed by atoms with Gasteiger partial charge in [0, 0.05) is 41.6 Å². The van der Waals surface area contributed by atoms with E-state index in [1.807, 2.05) is 42.1 Å². The summed E-state index contributed by atoms with van der Waals surface area (Å²) in [5.74, 6) is 1.51. The molecule has 2 nitrogen and oxygen atoms in total. The highest BCUT2D eigenvalue weighted by Gasteiger charge is 2.27. The van der Waals surface area contributed by atoms with Crippen molar-refractivity contribution in [2.75, 3.05) is 18.8 Å². The van der Waals surface area contributed by atoms with Gasteiger partial charge < -0.3 is 0 Å². The van der Waals surface area contributed by atoms with E-state index in [4.69, 9.17) is 0 Å². The van der Waals surface area contributed by atoms with Gasteiger partial charge in [0.05, 0.1) is 0 Å². The van der Waals surface area contributed by atoms with Crippen LogP contribution in [0.5, 0.6) is 0 Å². The van der Waals surface area contributed by atoms with Gasteiger partial charge in [-0.2, -0.15) is 11.8 Å². The molecule has 1 aliphatic rings. The summed E-state index contributed by atoms with van der Waals surface area (Å²) in [5, 5.41) is 0.660.